The standard InChI is InChI=1S/C21H31N5O2.HI/c1-26(12-14-27-2)13-15-28-20-8-5-6-18(16-20)17-25-21(22)24-11-9-19-7-3-4-10-23-19;/h3-8,10,16H,9,11-15,17H2,1-2H3,(H3,22,24,25);1H. The molecule has 0 aliphatic rings. The number of nitrogens with zero attached hydrogens (tertiary/aromatic N) is 3. The zero-order valence-corrected chi connectivity index (χ0v) is 19.5. The lowest BCUT2D eigenvalue weighted by atomic mass is 10.2. The molecule has 0 amide bonds. The number of benzene rings is 1. The minimum absolute atomic E-state index is 0. The molecule has 0 bridgehead atoms. The molecule has 8 heteroatoms. The van der Waals surface area contributed by atoms with Crippen LogP contribution in [0.2, 0.25) is 0 Å². The van der Waals surface area contributed by atoms with Gasteiger partial charge in [0, 0.05) is 45.1 Å². The minimum Gasteiger partial charge on any atom is -0.492 e. The highest BCUT2D eigenvalue weighted by molar-refractivity contribution is 14.0. The van der Waals surface area contributed by atoms with Gasteiger partial charge in [-0.2, -0.15) is 0 Å². The maximum absolute atomic E-state index is 5.95. The van der Waals surface area contributed by atoms with E-state index in [4.69, 9.17) is 15.2 Å². The predicted molar refractivity (Wildman–Crippen MR) is 128 cm³/mol. The van der Waals surface area contributed by atoms with Crippen LogP contribution in [0.15, 0.2) is 53.7 Å². The summed E-state index contributed by atoms with van der Waals surface area (Å²) in [4.78, 5) is 10.9. The Morgan fingerprint density at radius 2 is 2.00 bits per heavy atom. The summed E-state index contributed by atoms with van der Waals surface area (Å²) in [5.41, 5.74) is 8.03. The first-order valence-corrected chi connectivity index (χ1v) is 9.50. The maximum atomic E-state index is 5.95. The molecule has 1 aromatic heterocycles. The summed E-state index contributed by atoms with van der Waals surface area (Å²) >= 11 is 0. The summed E-state index contributed by atoms with van der Waals surface area (Å²) in [6.07, 6.45) is 2.60. The summed E-state index contributed by atoms with van der Waals surface area (Å²) in [7, 11) is 3.76. The van der Waals surface area contributed by atoms with Gasteiger partial charge < -0.3 is 25.4 Å². The van der Waals surface area contributed by atoms with Crippen molar-refractivity contribution in [3.8, 4) is 5.75 Å². The van der Waals surface area contributed by atoms with E-state index in [2.05, 4.69) is 27.2 Å². The van der Waals surface area contributed by atoms with Crippen LogP contribution in [0.4, 0.5) is 0 Å². The summed E-state index contributed by atoms with van der Waals surface area (Å²) in [6, 6.07) is 13.8. The third kappa shape index (κ3) is 11.0. The molecule has 1 heterocycles. The number of ether oxygens (including phenoxy) is 2. The van der Waals surface area contributed by atoms with E-state index in [9.17, 15) is 0 Å². The number of rotatable bonds is 12. The van der Waals surface area contributed by atoms with E-state index >= 15 is 0 Å². The summed E-state index contributed by atoms with van der Waals surface area (Å²) in [5.74, 6) is 1.27. The van der Waals surface area contributed by atoms with Crippen molar-refractivity contribution in [1.82, 2.24) is 15.2 Å². The van der Waals surface area contributed by atoms with Crippen LogP contribution in [-0.2, 0) is 17.7 Å². The molecule has 0 spiro atoms. The highest BCUT2D eigenvalue weighted by Gasteiger charge is 2.01. The van der Waals surface area contributed by atoms with Crippen LogP contribution in [-0.4, -0.2) is 62.8 Å². The fourth-order valence-corrected chi connectivity index (χ4v) is 2.51. The van der Waals surface area contributed by atoms with Gasteiger partial charge in [-0.05, 0) is 36.9 Å². The number of aromatic nitrogens is 1. The summed E-state index contributed by atoms with van der Waals surface area (Å²) in [5, 5.41) is 3.12. The van der Waals surface area contributed by atoms with Crippen molar-refractivity contribution in [2.75, 3.05) is 47.0 Å². The maximum Gasteiger partial charge on any atom is 0.188 e. The number of nitrogens with two attached hydrogens (primary N) is 1. The Balaban J connectivity index is 0.00000420. The molecule has 160 valence electrons. The Kier molecular flexibility index (Phi) is 13.0. The Hall–Kier alpha value is -1.91. The normalized spacial score (nSPS) is 11.2. The quantitative estimate of drug-likeness (QED) is 0.258. The van der Waals surface area contributed by atoms with Crippen molar-refractivity contribution in [1.29, 1.82) is 0 Å². The van der Waals surface area contributed by atoms with Crippen LogP contribution < -0.4 is 15.8 Å². The van der Waals surface area contributed by atoms with Gasteiger partial charge in [-0.25, -0.2) is 4.99 Å². The van der Waals surface area contributed by atoms with Gasteiger partial charge in [0.15, 0.2) is 5.96 Å². The van der Waals surface area contributed by atoms with Gasteiger partial charge in [-0.1, -0.05) is 18.2 Å². The van der Waals surface area contributed by atoms with Crippen molar-refractivity contribution < 1.29 is 9.47 Å². The molecule has 0 saturated carbocycles. The van der Waals surface area contributed by atoms with Crippen LogP contribution >= 0.6 is 24.0 Å². The third-order valence-corrected chi connectivity index (χ3v) is 4.16. The molecule has 0 saturated heterocycles. The van der Waals surface area contributed by atoms with E-state index in [0.717, 1.165) is 43.1 Å². The Bertz CT molecular complexity index is 715. The van der Waals surface area contributed by atoms with Gasteiger partial charge in [0.1, 0.15) is 12.4 Å². The molecule has 0 atom stereocenters. The zero-order valence-electron chi connectivity index (χ0n) is 17.2. The molecule has 2 rings (SSSR count). The first kappa shape index (κ1) is 25.1. The number of pyridine rings is 1. The fraction of sp³-hybridized carbons (Fsp3) is 0.429. The van der Waals surface area contributed by atoms with Gasteiger partial charge >= 0.3 is 0 Å². The molecule has 2 aromatic rings. The van der Waals surface area contributed by atoms with E-state index in [1.165, 1.54) is 0 Å². The van der Waals surface area contributed by atoms with Crippen LogP contribution in [0.3, 0.4) is 0 Å². The topological polar surface area (TPSA) is 85.0 Å². The second-order valence-electron chi connectivity index (χ2n) is 6.49. The van der Waals surface area contributed by atoms with Gasteiger partial charge in [0.25, 0.3) is 0 Å². The lowest BCUT2D eigenvalue weighted by molar-refractivity contribution is 0.150. The average Bonchev–Trinajstić information content (AvgIpc) is 2.72. The molecule has 0 radical (unpaired) electrons. The van der Waals surface area contributed by atoms with Crippen molar-refractivity contribution in [2.24, 2.45) is 10.7 Å². The van der Waals surface area contributed by atoms with Gasteiger partial charge in [-0.3, -0.25) is 4.98 Å². The van der Waals surface area contributed by atoms with Crippen LogP contribution in [0.1, 0.15) is 11.3 Å². The second kappa shape index (κ2) is 15.0. The van der Waals surface area contributed by atoms with Crippen LogP contribution in [0, 0.1) is 0 Å². The smallest absolute Gasteiger partial charge is 0.188 e. The first-order valence-electron chi connectivity index (χ1n) is 9.50. The first-order chi connectivity index (χ1) is 13.7. The van der Waals surface area contributed by atoms with Crippen molar-refractivity contribution in [3.05, 3.63) is 59.9 Å². The van der Waals surface area contributed by atoms with Crippen LogP contribution in [0.25, 0.3) is 0 Å². The Morgan fingerprint density at radius 3 is 2.76 bits per heavy atom. The minimum atomic E-state index is 0. The molecule has 3 N–H and O–H groups in total. The lowest BCUT2D eigenvalue weighted by Crippen LogP contribution is -2.33. The molecule has 0 fully saturated rings. The molecular formula is C21H32IN5O2. The van der Waals surface area contributed by atoms with E-state index in [1.54, 1.807) is 13.3 Å². The molecule has 7 nitrogen and oxygen atoms in total. The molecule has 29 heavy (non-hydrogen) atoms. The Morgan fingerprint density at radius 1 is 1.17 bits per heavy atom. The number of hydrogen-bond acceptors (Lipinski definition) is 5. The number of halogens is 1. The predicted octanol–water partition coefficient (Wildman–Crippen LogP) is 2.30. The molecular weight excluding hydrogens is 481 g/mol. The largest absolute Gasteiger partial charge is 0.492 e. The average molecular weight is 513 g/mol. The number of nitrogens with one attached hydrogen (secondary N) is 1. The second-order valence-corrected chi connectivity index (χ2v) is 6.49. The summed E-state index contributed by atoms with van der Waals surface area (Å²) in [6.45, 7) is 4.30. The monoisotopic (exact) mass is 513 g/mol. The van der Waals surface area contributed by atoms with Crippen molar-refractivity contribution in [3.63, 3.8) is 0 Å². The van der Waals surface area contributed by atoms with E-state index < -0.39 is 0 Å². The number of methoxy groups -OCH3 is 1. The number of likely N-dealkylation sites (N-methyl/N-ethyl adjacent to an activating group) is 1. The van der Waals surface area contributed by atoms with Gasteiger partial charge in [0.05, 0.1) is 13.2 Å². The highest BCUT2D eigenvalue weighted by Crippen LogP contribution is 2.14. The number of guanidine groups is 1. The molecule has 0 aliphatic carbocycles. The number of hydrogen-bond donors (Lipinski definition) is 2. The van der Waals surface area contributed by atoms with Crippen molar-refractivity contribution in [2.45, 2.75) is 13.0 Å². The van der Waals surface area contributed by atoms with Gasteiger partial charge in [0.2, 0.25) is 0 Å². The van der Waals surface area contributed by atoms with E-state index in [1.807, 2.05) is 42.5 Å². The number of aliphatic imine (C=N–C) groups is 1. The highest BCUT2D eigenvalue weighted by atomic mass is 127. The molecule has 0 unspecified atom stereocenters. The van der Waals surface area contributed by atoms with Crippen LogP contribution in [0.5, 0.6) is 5.75 Å². The summed E-state index contributed by atoms with van der Waals surface area (Å²) < 4.78 is 10.9. The van der Waals surface area contributed by atoms with E-state index in [0.29, 0.717) is 25.7 Å². The lowest BCUT2D eigenvalue weighted by Gasteiger charge is -2.16. The van der Waals surface area contributed by atoms with E-state index in [-0.39, 0.29) is 24.0 Å². The fourth-order valence-electron chi connectivity index (χ4n) is 2.51. The third-order valence-electron chi connectivity index (χ3n) is 4.16. The molecule has 0 aliphatic heterocycles. The van der Waals surface area contributed by atoms with Gasteiger partial charge in [-0.15, -0.1) is 24.0 Å². The van der Waals surface area contributed by atoms with Crippen molar-refractivity contribution >= 4 is 29.9 Å². The Labute approximate surface area is 190 Å². The zero-order chi connectivity index (χ0) is 20.0. The SMILES string of the molecule is COCCN(C)CCOc1cccc(CN=C(N)NCCc2ccccn2)c1.I. The molecule has 1 aromatic carbocycles.